The molecule has 1 saturated heterocycles. The average Bonchev–Trinajstić information content (AvgIpc) is 3.09. The van der Waals surface area contributed by atoms with Crippen LogP contribution in [0.3, 0.4) is 0 Å². The van der Waals surface area contributed by atoms with Crippen molar-refractivity contribution in [1.82, 2.24) is 25.1 Å². The van der Waals surface area contributed by atoms with Gasteiger partial charge in [-0.3, -0.25) is 0 Å². The highest BCUT2D eigenvalue weighted by Crippen LogP contribution is 2.26. The summed E-state index contributed by atoms with van der Waals surface area (Å²) in [6.45, 7) is 2.48. The number of hydrogen-bond acceptors (Lipinski definition) is 7. The van der Waals surface area contributed by atoms with Crippen molar-refractivity contribution in [2.24, 2.45) is 0 Å². The van der Waals surface area contributed by atoms with Gasteiger partial charge in [-0.1, -0.05) is 0 Å². The zero-order valence-electron chi connectivity index (χ0n) is 11.9. The third-order valence-corrected chi connectivity index (χ3v) is 5.96. The Labute approximate surface area is 127 Å². The molecule has 0 radical (unpaired) electrons. The Bertz CT molecular complexity index is 750. The van der Waals surface area contributed by atoms with Crippen molar-refractivity contribution in [2.45, 2.75) is 25.9 Å². The summed E-state index contributed by atoms with van der Waals surface area (Å²) in [5.41, 5.74) is 0.745. The zero-order valence-corrected chi connectivity index (χ0v) is 13.5. The molecule has 1 atom stereocenters. The van der Waals surface area contributed by atoms with Gasteiger partial charge in [0.1, 0.15) is 11.5 Å². The van der Waals surface area contributed by atoms with E-state index in [9.17, 15) is 8.42 Å². The molecule has 2 aromatic heterocycles. The molecular formula is C12H17N5O2S2. The summed E-state index contributed by atoms with van der Waals surface area (Å²) in [5, 5.41) is 10.4. The molecule has 21 heavy (non-hydrogen) atoms. The second-order valence-electron chi connectivity index (χ2n) is 5.14. The van der Waals surface area contributed by atoms with Crippen LogP contribution in [0, 0.1) is 6.92 Å². The zero-order chi connectivity index (χ0) is 15.0. The van der Waals surface area contributed by atoms with Crippen molar-refractivity contribution < 1.29 is 8.42 Å². The molecule has 0 saturated carbocycles. The van der Waals surface area contributed by atoms with E-state index in [0.717, 1.165) is 16.5 Å². The van der Waals surface area contributed by atoms with E-state index >= 15 is 0 Å². The molecule has 0 aromatic carbocycles. The summed E-state index contributed by atoms with van der Waals surface area (Å²) in [6, 6.07) is -0.126. The van der Waals surface area contributed by atoms with E-state index in [4.69, 9.17) is 0 Å². The molecule has 114 valence electrons. The summed E-state index contributed by atoms with van der Waals surface area (Å²) in [6.07, 6.45) is 0.595. The molecule has 1 fully saturated rings. The highest BCUT2D eigenvalue weighted by atomic mass is 32.2. The fourth-order valence-electron chi connectivity index (χ4n) is 2.47. The monoisotopic (exact) mass is 327 g/mol. The Balaban J connectivity index is 1.97. The van der Waals surface area contributed by atoms with Crippen molar-refractivity contribution >= 4 is 21.2 Å². The van der Waals surface area contributed by atoms with Crippen molar-refractivity contribution in [2.75, 3.05) is 18.6 Å². The van der Waals surface area contributed by atoms with Gasteiger partial charge in [-0.05, 0) is 20.4 Å². The van der Waals surface area contributed by atoms with Gasteiger partial charge in [-0.2, -0.15) is 0 Å². The molecule has 0 spiro atoms. The number of nitrogens with one attached hydrogen (secondary N) is 1. The lowest BCUT2D eigenvalue weighted by Crippen LogP contribution is -2.19. The quantitative estimate of drug-likeness (QED) is 0.893. The van der Waals surface area contributed by atoms with Crippen LogP contribution in [-0.4, -0.2) is 46.7 Å². The van der Waals surface area contributed by atoms with E-state index in [0.29, 0.717) is 18.8 Å². The molecule has 2 aromatic rings. The fraction of sp³-hybridized carbons (Fsp3) is 0.583. The molecule has 0 unspecified atom stereocenters. The maximum atomic E-state index is 11.7. The molecule has 7 nitrogen and oxygen atoms in total. The molecule has 1 aliphatic heterocycles. The third kappa shape index (κ3) is 2.99. The van der Waals surface area contributed by atoms with Gasteiger partial charge >= 0.3 is 0 Å². The summed E-state index contributed by atoms with van der Waals surface area (Å²) in [5.74, 6) is 1.68. The lowest BCUT2D eigenvalue weighted by molar-refractivity contribution is 0.471. The minimum atomic E-state index is -2.95. The summed E-state index contributed by atoms with van der Waals surface area (Å²) < 4.78 is 25.1. The van der Waals surface area contributed by atoms with Crippen molar-refractivity contribution in [3.05, 3.63) is 16.2 Å². The smallest absolute Gasteiger partial charge is 0.200 e. The molecule has 3 heterocycles. The Morgan fingerprint density at radius 3 is 2.86 bits per heavy atom. The third-order valence-electron chi connectivity index (χ3n) is 3.44. The standard InChI is InChI=1S/C12H17N5O2S2/c1-8-14-10(6-20-8)12-15-11(5-13-2)17(16-12)9-3-4-21(18,19)7-9/h6,9,13H,3-5,7H2,1-2H3/t9-/m0/s1. The number of sulfone groups is 1. The van der Waals surface area contributed by atoms with Crippen molar-refractivity contribution in [3.8, 4) is 11.5 Å². The number of rotatable bonds is 4. The maximum Gasteiger partial charge on any atom is 0.200 e. The van der Waals surface area contributed by atoms with Crippen LogP contribution in [0.15, 0.2) is 5.38 Å². The largest absolute Gasteiger partial charge is 0.313 e. The summed E-state index contributed by atoms with van der Waals surface area (Å²) in [7, 11) is -1.12. The van der Waals surface area contributed by atoms with Crippen molar-refractivity contribution in [1.29, 1.82) is 0 Å². The Morgan fingerprint density at radius 1 is 1.48 bits per heavy atom. The summed E-state index contributed by atoms with van der Waals surface area (Å²) in [4.78, 5) is 8.91. The van der Waals surface area contributed by atoms with E-state index in [2.05, 4.69) is 20.4 Å². The van der Waals surface area contributed by atoms with Gasteiger partial charge in [-0.25, -0.2) is 23.1 Å². The molecule has 0 aliphatic carbocycles. The normalized spacial score (nSPS) is 21.0. The van der Waals surface area contributed by atoms with Gasteiger partial charge in [0.2, 0.25) is 5.82 Å². The highest BCUT2D eigenvalue weighted by molar-refractivity contribution is 7.91. The molecule has 9 heteroatoms. The molecule has 3 rings (SSSR count). The molecular weight excluding hydrogens is 310 g/mol. The van der Waals surface area contributed by atoms with E-state index in [1.54, 1.807) is 16.0 Å². The van der Waals surface area contributed by atoms with Gasteiger partial charge in [0.05, 0.1) is 29.1 Å². The average molecular weight is 327 g/mol. The first kappa shape index (κ1) is 14.6. The molecule has 1 aliphatic rings. The Kier molecular flexibility index (Phi) is 3.80. The number of aryl methyl sites for hydroxylation is 1. The van der Waals surface area contributed by atoms with Crippen LogP contribution in [0.4, 0.5) is 0 Å². The van der Waals surface area contributed by atoms with Crippen LogP contribution in [0.5, 0.6) is 0 Å². The van der Waals surface area contributed by atoms with Gasteiger partial charge in [0.15, 0.2) is 9.84 Å². The van der Waals surface area contributed by atoms with Crippen LogP contribution in [-0.2, 0) is 16.4 Å². The van der Waals surface area contributed by atoms with E-state index in [-0.39, 0.29) is 17.5 Å². The van der Waals surface area contributed by atoms with Gasteiger partial charge < -0.3 is 5.32 Å². The number of thiazole rings is 1. The Hall–Kier alpha value is -1.32. The molecule has 0 amide bonds. The van der Waals surface area contributed by atoms with E-state index in [1.807, 2.05) is 19.4 Å². The summed E-state index contributed by atoms with van der Waals surface area (Å²) >= 11 is 1.55. The number of aromatic nitrogens is 4. The maximum absolute atomic E-state index is 11.7. The fourth-order valence-corrected chi connectivity index (χ4v) is 4.75. The van der Waals surface area contributed by atoms with Gasteiger partial charge in [0.25, 0.3) is 0 Å². The number of nitrogens with zero attached hydrogens (tertiary/aromatic N) is 4. The first-order valence-electron chi connectivity index (χ1n) is 6.71. The molecule has 0 bridgehead atoms. The van der Waals surface area contributed by atoms with Crippen LogP contribution < -0.4 is 5.32 Å². The SMILES string of the molecule is CNCc1nc(-c2csc(C)n2)nn1[C@H]1CCS(=O)(=O)C1. The lowest BCUT2D eigenvalue weighted by atomic mass is 10.3. The lowest BCUT2D eigenvalue weighted by Gasteiger charge is -2.10. The van der Waals surface area contributed by atoms with Crippen LogP contribution in [0.1, 0.15) is 23.3 Å². The first-order chi connectivity index (χ1) is 9.98. The molecule has 1 N–H and O–H groups in total. The Morgan fingerprint density at radius 2 is 2.29 bits per heavy atom. The highest BCUT2D eigenvalue weighted by Gasteiger charge is 2.31. The van der Waals surface area contributed by atoms with Crippen LogP contribution in [0.2, 0.25) is 0 Å². The topological polar surface area (TPSA) is 89.8 Å². The minimum absolute atomic E-state index is 0.126. The second kappa shape index (κ2) is 5.47. The predicted octanol–water partition coefficient (Wildman–Crippen LogP) is 0.789. The van der Waals surface area contributed by atoms with E-state index < -0.39 is 9.84 Å². The predicted molar refractivity (Wildman–Crippen MR) is 80.9 cm³/mol. The minimum Gasteiger partial charge on any atom is -0.313 e. The van der Waals surface area contributed by atoms with Crippen LogP contribution in [0.25, 0.3) is 11.5 Å². The van der Waals surface area contributed by atoms with E-state index in [1.165, 1.54) is 0 Å². The van der Waals surface area contributed by atoms with Gasteiger partial charge in [-0.15, -0.1) is 16.4 Å². The number of hydrogen-bond donors (Lipinski definition) is 1. The van der Waals surface area contributed by atoms with Crippen LogP contribution >= 0.6 is 11.3 Å². The van der Waals surface area contributed by atoms with Crippen molar-refractivity contribution in [3.63, 3.8) is 0 Å². The second-order valence-corrected chi connectivity index (χ2v) is 8.43. The van der Waals surface area contributed by atoms with Gasteiger partial charge in [0, 0.05) is 5.38 Å². The first-order valence-corrected chi connectivity index (χ1v) is 9.41.